The van der Waals surface area contributed by atoms with Gasteiger partial charge >= 0.3 is 6.30 Å². The second-order valence-electron chi connectivity index (χ2n) is 5.27. The van der Waals surface area contributed by atoms with E-state index in [-0.39, 0.29) is 36.8 Å². The number of hydrogen-bond acceptors (Lipinski definition) is 1. The third-order valence-corrected chi connectivity index (χ3v) is 4.13. The Morgan fingerprint density at radius 3 is 2.33 bits per heavy atom. The largest absolute Gasteiger partial charge is 0.459 e. The van der Waals surface area contributed by atoms with Gasteiger partial charge in [-0.05, 0) is 24.8 Å². The second-order valence-corrected chi connectivity index (χ2v) is 5.27. The molecule has 0 aromatic heterocycles. The summed E-state index contributed by atoms with van der Waals surface area (Å²) in [5, 5.41) is 0. The van der Waals surface area contributed by atoms with Crippen LogP contribution in [-0.4, -0.2) is 24.3 Å². The molecule has 2 unspecified atom stereocenters. The highest BCUT2D eigenvalue weighted by Gasteiger charge is 2.64. The number of aryl methyl sites for hydroxylation is 1. The van der Waals surface area contributed by atoms with Gasteiger partial charge in [-0.3, -0.25) is 0 Å². The van der Waals surface area contributed by atoms with Gasteiger partial charge in [0.2, 0.25) is 0 Å². The third kappa shape index (κ3) is 2.01. The Morgan fingerprint density at radius 2 is 1.83 bits per heavy atom. The second kappa shape index (κ2) is 4.14. The van der Waals surface area contributed by atoms with Crippen LogP contribution in [0.4, 0.5) is 13.2 Å². The van der Waals surface area contributed by atoms with Crippen LogP contribution < -0.4 is 0 Å². The molecule has 2 fully saturated rings. The van der Waals surface area contributed by atoms with E-state index in [1.807, 2.05) is 31.2 Å². The predicted octanol–water partition coefficient (Wildman–Crippen LogP) is 3.51. The average Bonchev–Trinajstić information content (AvgIpc) is 2.81. The number of benzene rings is 1. The highest BCUT2D eigenvalue weighted by Crippen LogP contribution is 2.60. The SMILES string of the molecule is Cc1ccc(C23CC2CN(C(F)(F)F)C3)cc1.Cl. The van der Waals surface area contributed by atoms with Crippen LogP contribution in [0.5, 0.6) is 0 Å². The molecule has 1 aliphatic carbocycles. The molecule has 0 spiro atoms. The Labute approximate surface area is 110 Å². The van der Waals surface area contributed by atoms with Crippen molar-refractivity contribution in [3.63, 3.8) is 0 Å². The van der Waals surface area contributed by atoms with E-state index < -0.39 is 6.30 Å². The Bertz CT molecular complexity index is 443. The van der Waals surface area contributed by atoms with Crippen LogP contribution in [0.2, 0.25) is 0 Å². The molecule has 100 valence electrons. The van der Waals surface area contributed by atoms with E-state index in [0.29, 0.717) is 4.90 Å². The van der Waals surface area contributed by atoms with Crippen LogP contribution in [0.1, 0.15) is 17.5 Å². The van der Waals surface area contributed by atoms with Crippen LogP contribution in [-0.2, 0) is 5.41 Å². The Balaban J connectivity index is 0.00000120. The quantitative estimate of drug-likeness (QED) is 0.710. The average molecular weight is 278 g/mol. The van der Waals surface area contributed by atoms with Crippen molar-refractivity contribution < 1.29 is 13.2 Å². The first-order chi connectivity index (χ1) is 7.92. The summed E-state index contributed by atoms with van der Waals surface area (Å²) < 4.78 is 37.9. The zero-order valence-corrected chi connectivity index (χ0v) is 10.8. The molecule has 1 saturated carbocycles. The molecule has 1 heterocycles. The van der Waals surface area contributed by atoms with Gasteiger partial charge in [0.05, 0.1) is 0 Å². The standard InChI is InChI=1S/C13H14F3N.ClH/c1-9-2-4-10(5-3-9)12-6-11(12)7-17(8-12)13(14,15)16;/h2-5,11H,6-8H2,1H3;1H. The van der Waals surface area contributed by atoms with E-state index in [1.54, 1.807) is 0 Å². The summed E-state index contributed by atoms with van der Waals surface area (Å²) in [5.74, 6) is 0.187. The van der Waals surface area contributed by atoms with E-state index in [0.717, 1.165) is 17.5 Å². The zero-order chi connectivity index (χ0) is 12.3. The minimum atomic E-state index is -4.18. The first-order valence-corrected chi connectivity index (χ1v) is 5.81. The van der Waals surface area contributed by atoms with Crippen LogP contribution in [0.25, 0.3) is 0 Å². The lowest BCUT2D eigenvalue weighted by molar-refractivity contribution is -0.241. The molecule has 0 bridgehead atoms. The van der Waals surface area contributed by atoms with Crippen molar-refractivity contribution in [2.45, 2.75) is 25.1 Å². The topological polar surface area (TPSA) is 3.24 Å². The van der Waals surface area contributed by atoms with Crippen molar-refractivity contribution in [1.29, 1.82) is 0 Å². The predicted molar refractivity (Wildman–Crippen MR) is 65.8 cm³/mol. The molecule has 5 heteroatoms. The number of likely N-dealkylation sites (tertiary alicyclic amines) is 1. The van der Waals surface area contributed by atoms with Crippen molar-refractivity contribution in [2.24, 2.45) is 5.92 Å². The fraction of sp³-hybridized carbons (Fsp3) is 0.538. The lowest BCUT2D eigenvalue weighted by Crippen LogP contribution is -2.38. The van der Waals surface area contributed by atoms with Crippen LogP contribution in [0.3, 0.4) is 0 Å². The molecular weight excluding hydrogens is 263 g/mol. The van der Waals surface area contributed by atoms with E-state index in [2.05, 4.69) is 0 Å². The third-order valence-electron chi connectivity index (χ3n) is 4.13. The van der Waals surface area contributed by atoms with E-state index in [4.69, 9.17) is 0 Å². The molecule has 1 saturated heterocycles. The Morgan fingerprint density at radius 1 is 1.22 bits per heavy atom. The smallest absolute Gasteiger partial charge is 0.213 e. The normalized spacial score (nSPS) is 30.8. The van der Waals surface area contributed by atoms with Gasteiger partial charge < -0.3 is 0 Å². The molecule has 0 N–H and O–H groups in total. The van der Waals surface area contributed by atoms with Crippen molar-refractivity contribution in [3.05, 3.63) is 35.4 Å². The summed E-state index contributed by atoms with van der Waals surface area (Å²) in [7, 11) is 0. The minimum absolute atomic E-state index is 0. The molecule has 1 aliphatic heterocycles. The fourth-order valence-electron chi connectivity index (χ4n) is 3.01. The van der Waals surface area contributed by atoms with Gasteiger partial charge in [0, 0.05) is 18.5 Å². The van der Waals surface area contributed by atoms with Crippen molar-refractivity contribution in [1.82, 2.24) is 4.90 Å². The number of nitrogens with zero attached hydrogens (tertiary/aromatic N) is 1. The molecule has 1 aromatic rings. The molecule has 2 aliphatic rings. The Hall–Kier alpha value is -0.740. The van der Waals surface area contributed by atoms with Gasteiger partial charge in [0.25, 0.3) is 0 Å². The van der Waals surface area contributed by atoms with E-state index >= 15 is 0 Å². The fourth-order valence-corrected chi connectivity index (χ4v) is 3.01. The number of alkyl halides is 3. The summed E-state index contributed by atoms with van der Waals surface area (Å²) in [4.78, 5) is 0.654. The number of halogens is 4. The summed E-state index contributed by atoms with van der Waals surface area (Å²) in [6, 6.07) is 7.93. The molecule has 1 nitrogen and oxygen atoms in total. The zero-order valence-electron chi connectivity index (χ0n) is 10.00. The summed E-state index contributed by atoms with van der Waals surface area (Å²) in [6.45, 7) is 2.28. The first kappa shape index (κ1) is 13.7. The summed E-state index contributed by atoms with van der Waals surface area (Å²) in [5.41, 5.74) is 2.00. The lowest BCUT2D eigenvalue weighted by atomic mass is 9.94. The molecular formula is C13H15ClF3N. The van der Waals surface area contributed by atoms with Gasteiger partial charge in [0.15, 0.2) is 0 Å². The van der Waals surface area contributed by atoms with E-state index in [1.165, 1.54) is 0 Å². The van der Waals surface area contributed by atoms with Gasteiger partial charge in [0.1, 0.15) is 0 Å². The van der Waals surface area contributed by atoms with Crippen molar-refractivity contribution >= 4 is 12.4 Å². The van der Waals surface area contributed by atoms with Gasteiger partial charge in [-0.2, -0.15) is 13.2 Å². The number of rotatable bonds is 1. The summed E-state index contributed by atoms with van der Waals surface area (Å²) >= 11 is 0. The highest BCUT2D eigenvalue weighted by molar-refractivity contribution is 5.85. The van der Waals surface area contributed by atoms with Crippen LogP contribution in [0, 0.1) is 12.8 Å². The summed E-state index contributed by atoms with van der Waals surface area (Å²) in [6.07, 6.45) is -3.27. The molecule has 18 heavy (non-hydrogen) atoms. The number of fused-ring (bicyclic) bond motifs is 1. The maximum atomic E-state index is 12.6. The van der Waals surface area contributed by atoms with Crippen molar-refractivity contribution in [2.75, 3.05) is 13.1 Å². The number of hydrogen-bond donors (Lipinski definition) is 0. The van der Waals surface area contributed by atoms with Crippen LogP contribution in [0.15, 0.2) is 24.3 Å². The highest BCUT2D eigenvalue weighted by atomic mass is 35.5. The molecule has 0 radical (unpaired) electrons. The van der Waals surface area contributed by atoms with Gasteiger partial charge in [-0.15, -0.1) is 12.4 Å². The monoisotopic (exact) mass is 277 g/mol. The number of piperidine rings is 1. The van der Waals surface area contributed by atoms with Gasteiger partial charge in [-0.1, -0.05) is 29.8 Å². The lowest BCUT2D eigenvalue weighted by Gasteiger charge is -2.23. The molecule has 1 aromatic carbocycles. The van der Waals surface area contributed by atoms with E-state index in [9.17, 15) is 13.2 Å². The first-order valence-electron chi connectivity index (χ1n) is 5.81. The maximum absolute atomic E-state index is 12.6. The molecule has 2 atom stereocenters. The van der Waals surface area contributed by atoms with Crippen molar-refractivity contribution in [3.8, 4) is 0 Å². The minimum Gasteiger partial charge on any atom is -0.213 e. The molecule has 0 amide bonds. The molecule has 3 rings (SSSR count). The van der Waals surface area contributed by atoms with Crippen LogP contribution >= 0.6 is 12.4 Å². The Kier molecular flexibility index (Phi) is 3.14. The van der Waals surface area contributed by atoms with Gasteiger partial charge in [-0.25, -0.2) is 4.90 Å². The maximum Gasteiger partial charge on any atom is 0.459 e.